The van der Waals surface area contributed by atoms with Crippen molar-refractivity contribution in [2.45, 2.75) is 6.54 Å². The summed E-state index contributed by atoms with van der Waals surface area (Å²) in [5, 5.41) is 0. The average molecular weight is 183 g/mol. The zero-order chi connectivity index (χ0) is 9.68. The lowest BCUT2D eigenvalue weighted by Crippen LogP contribution is -2.40. The lowest BCUT2D eigenvalue weighted by atomic mass is 10.2. The molecular weight excluding hydrogens is 173 g/mol. The van der Waals surface area contributed by atoms with E-state index in [1.165, 1.54) is 12.1 Å². The second-order valence-electron chi connectivity index (χ2n) is 2.47. The fourth-order valence-corrected chi connectivity index (χ4v) is 0.836. The molecule has 0 saturated carbocycles. The molecule has 5 heteroatoms. The van der Waals surface area contributed by atoms with Crippen LogP contribution in [0.5, 0.6) is 0 Å². The van der Waals surface area contributed by atoms with Gasteiger partial charge in [-0.15, -0.1) is 0 Å². The van der Waals surface area contributed by atoms with Gasteiger partial charge in [-0.3, -0.25) is 5.43 Å². The second kappa shape index (κ2) is 4.42. The Labute approximate surface area is 74.9 Å². The Hall–Kier alpha value is -1.62. The maximum absolute atomic E-state index is 12.4. The maximum atomic E-state index is 12.4. The molecule has 4 nitrogen and oxygen atoms in total. The molecule has 1 rings (SSSR count). The van der Waals surface area contributed by atoms with Crippen molar-refractivity contribution < 1.29 is 9.18 Å². The number of carbonyl (C=O) groups is 1. The van der Waals surface area contributed by atoms with Crippen LogP contribution < -0.4 is 16.6 Å². The third kappa shape index (κ3) is 3.53. The summed E-state index contributed by atoms with van der Waals surface area (Å²) in [7, 11) is 0. The zero-order valence-corrected chi connectivity index (χ0v) is 6.88. The first-order chi connectivity index (χ1) is 6.18. The molecule has 0 bridgehead atoms. The van der Waals surface area contributed by atoms with Gasteiger partial charge in [0.05, 0.1) is 0 Å². The molecule has 0 radical (unpaired) electrons. The molecule has 4 N–H and O–H groups in total. The first-order valence-corrected chi connectivity index (χ1v) is 3.71. The Morgan fingerprint density at radius 2 is 2.00 bits per heavy atom. The normalized spacial score (nSPS) is 9.62. The number of carbonyl (C=O) groups excluding carboxylic acids is 1. The third-order valence-corrected chi connectivity index (χ3v) is 1.42. The molecule has 0 aliphatic heterocycles. The van der Waals surface area contributed by atoms with E-state index in [1.54, 1.807) is 12.1 Å². The largest absolute Gasteiger partial charge is 0.351 e. The van der Waals surface area contributed by atoms with E-state index in [9.17, 15) is 9.18 Å². The molecular formula is C8H10FN3O. The molecule has 0 aliphatic carbocycles. The van der Waals surface area contributed by atoms with E-state index in [0.29, 0.717) is 6.54 Å². The van der Waals surface area contributed by atoms with E-state index >= 15 is 0 Å². The number of hydrogen-bond donors (Lipinski definition) is 3. The molecule has 0 aliphatic rings. The number of hydrazine groups is 1. The van der Waals surface area contributed by atoms with Crippen molar-refractivity contribution in [1.29, 1.82) is 0 Å². The quantitative estimate of drug-likeness (QED) is 0.597. The summed E-state index contributed by atoms with van der Waals surface area (Å²) in [5.74, 6) is -0.286. The van der Waals surface area contributed by atoms with Gasteiger partial charge in [-0.25, -0.2) is 14.6 Å². The van der Waals surface area contributed by atoms with Crippen molar-refractivity contribution >= 4 is 6.03 Å². The van der Waals surface area contributed by atoms with Crippen LogP contribution in [0.3, 0.4) is 0 Å². The van der Waals surface area contributed by atoms with Crippen LogP contribution in [-0.2, 0) is 6.54 Å². The molecule has 0 saturated heterocycles. The standard InChI is InChI=1S/C8H10FN3O/c9-7-3-1-6(2-4-7)5-11-12-8(10)13/h1-4,11H,5H2,(H3,10,12,13). The number of rotatable bonds is 3. The van der Waals surface area contributed by atoms with Gasteiger partial charge < -0.3 is 5.73 Å². The highest BCUT2D eigenvalue weighted by atomic mass is 19.1. The molecule has 2 amide bonds. The molecule has 0 unspecified atom stereocenters. The van der Waals surface area contributed by atoms with Crippen molar-refractivity contribution in [3.63, 3.8) is 0 Å². The van der Waals surface area contributed by atoms with Crippen LogP contribution in [0.15, 0.2) is 24.3 Å². The number of primary amides is 1. The Kier molecular flexibility index (Phi) is 3.22. The summed E-state index contributed by atoms with van der Waals surface area (Å²) >= 11 is 0. The Bertz CT molecular complexity index is 286. The fourth-order valence-electron chi connectivity index (χ4n) is 0.836. The van der Waals surface area contributed by atoms with Crippen LogP contribution in [0.1, 0.15) is 5.56 Å². The minimum Gasteiger partial charge on any atom is -0.351 e. The van der Waals surface area contributed by atoms with Gasteiger partial charge >= 0.3 is 6.03 Å². The lowest BCUT2D eigenvalue weighted by Gasteiger charge is -2.03. The van der Waals surface area contributed by atoms with Gasteiger partial charge in [0.25, 0.3) is 0 Å². The summed E-state index contributed by atoms with van der Waals surface area (Å²) in [6.07, 6.45) is 0. The highest BCUT2D eigenvalue weighted by Crippen LogP contribution is 2.01. The van der Waals surface area contributed by atoms with Gasteiger partial charge in [0.2, 0.25) is 0 Å². The first kappa shape index (κ1) is 9.47. The molecule has 0 heterocycles. The summed E-state index contributed by atoms with van der Waals surface area (Å²) in [6, 6.07) is 5.28. The van der Waals surface area contributed by atoms with Gasteiger partial charge in [0, 0.05) is 6.54 Å². The van der Waals surface area contributed by atoms with E-state index in [2.05, 4.69) is 10.9 Å². The van der Waals surface area contributed by atoms with Crippen molar-refractivity contribution in [3.05, 3.63) is 35.6 Å². The van der Waals surface area contributed by atoms with Crippen molar-refractivity contribution in [2.75, 3.05) is 0 Å². The van der Waals surface area contributed by atoms with Crippen molar-refractivity contribution in [2.24, 2.45) is 5.73 Å². The Balaban J connectivity index is 2.37. The lowest BCUT2D eigenvalue weighted by molar-refractivity contribution is 0.244. The molecule has 0 spiro atoms. The summed E-state index contributed by atoms with van der Waals surface area (Å²) in [4.78, 5) is 10.2. The van der Waals surface area contributed by atoms with Crippen LogP contribution in [-0.4, -0.2) is 6.03 Å². The highest BCUT2D eigenvalue weighted by molar-refractivity contribution is 5.70. The average Bonchev–Trinajstić information content (AvgIpc) is 2.08. The predicted octanol–water partition coefficient (Wildman–Crippen LogP) is 0.499. The molecule has 13 heavy (non-hydrogen) atoms. The van der Waals surface area contributed by atoms with Crippen molar-refractivity contribution in [3.8, 4) is 0 Å². The van der Waals surface area contributed by atoms with E-state index in [-0.39, 0.29) is 5.82 Å². The topological polar surface area (TPSA) is 67.2 Å². The molecule has 1 aromatic carbocycles. The minimum absolute atomic E-state index is 0.286. The van der Waals surface area contributed by atoms with Crippen LogP contribution >= 0.6 is 0 Å². The van der Waals surface area contributed by atoms with Crippen LogP contribution in [0.2, 0.25) is 0 Å². The van der Waals surface area contributed by atoms with E-state index in [1.807, 2.05) is 0 Å². The van der Waals surface area contributed by atoms with E-state index < -0.39 is 6.03 Å². The number of hydrogen-bond acceptors (Lipinski definition) is 2. The first-order valence-electron chi connectivity index (χ1n) is 3.71. The van der Waals surface area contributed by atoms with Crippen LogP contribution in [0.4, 0.5) is 9.18 Å². The summed E-state index contributed by atoms with van der Waals surface area (Å²) in [5.41, 5.74) is 10.4. The number of nitrogens with two attached hydrogens (primary N) is 1. The number of urea groups is 1. The molecule has 0 atom stereocenters. The number of nitrogens with one attached hydrogen (secondary N) is 2. The maximum Gasteiger partial charge on any atom is 0.326 e. The monoisotopic (exact) mass is 183 g/mol. The SMILES string of the molecule is NC(=O)NNCc1ccc(F)cc1. The molecule has 70 valence electrons. The highest BCUT2D eigenvalue weighted by Gasteiger charge is 1.93. The second-order valence-corrected chi connectivity index (χ2v) is 2.47. The third-order valence-electron chi connectivity index (χ3n) is 1.42. The fraction of sp³-hybridized carbons (Fsp3) is 0.125. The molecule has 0 aromatic heterocycles. The minimum atomic E-state index is -0.651. The van der Waals surface area contributed by atoms with Gasteiger partial charge in [-0.05, 0) is 17.7 Å². The Morgan fingerprint density at radius 1 is 1.38 bits per heavy atom. The zero-order valence-electron chi connectivity index (χ0n) is 6.88. The van der Waals surface area contributed by atoms with Crippen molar-refractivity contribution in [1.82, 2.24) is 10.9 Å². The predicted molar refractivity (Wildman–Crippen MR) is 46.0 cm³/mol. The number of halogens is 1. The molecule has 1 aromatic rings. The van der Waals surface area contributed by atoms with Gasteiger partial charge in [0.15, 0.2) is 0 Å². The van der Waals surface area contributed by atoms with Gasteiger partial charge in [-0.2, -0.15) is 0 Å². The van der Waals surface area contributed by atoms with Gasteiger partial charge in [0.1, 0.15) is 5.82 Å². The number of amides is 2. The Morgan fingerprint density at radius 3 is 2.54 bits per heavy atom. The van der Waals surface area contributed by atoms with Gasteiger partial charge in [-0.1, -0.05) is 12.1 Å². The summed E-state index contributed by atoms with van der Waals surface area (Å²) in [6.45, 7) is 0.406. The van der Waals surface area contributed by atoms with E-state index in [0.717, 1.165) is 5.56 Å². The van der Waals surface area contributed by atoms with Crippen LogP contribution in [0.25, 0.3) is 0 Å². The van der Waals surface area contributed by atoms with Crippen LogP contribution in [0, 0.1) is 5.82 Å². The smallest absolute Gasteiger partial charge is 0.326 e. The van der Waals surface area contributed by atoms with E-state index in [4.69, 9.17) is 5.73 Å². The summed E-state index contributed by atoms with van der Waals surface area (Å²) < 4.78 is 12.4. The number of benzene rings is 1. The molecule has 0 fully saturated rings.